The lowest BCUT2D eigenvalue weighted by Gasteiger charge is -2.50. The van der Waals surface area contributed by atoms with Gasteiger partial charge in [0.2, 0.25) is 5.78 Å². The van der Waals surface area contributed by atoms with Crippen LogP contribution >= 0.6 is 0 Å². The largest absolute Gasteiger partial charge is 0.508 e. The second-order valence-corrected chi connectivity index (χ2v) is 12.8. The van der Waals surface area contributed by atoms with E-state index >= 15 is 0 Å². The quantitative estimate of drug-likeness (QED) is 0.187. The van der Waals surface area contributed by atoms with E-state index in [1.165, 1.54) is 23.9 Å². The van der Waals surface area contributed by atoms with E-state index in [0.717, 1.165) is 29.8 Å². The number of aryl methyl sites for hydroxylation is 1. The van der Waals surface area contributed by atoms with Crippen LogP contribution in [-0.2, 0) is 20.8 Å². The molecule has 2 aromatic rings. The molecule has 3 aliphatic carbocycles. The number of carbonyl (C=O) groups is 3. The average Bonchev–Trinajstić information content (AvgIpc) is 2.97. The van der Waals surface area contributed by atoms with Crippen LogP contribution in [0.3, 0.4) is 0 Å². The zero-order chi connectivity index (χ0) is 34.1. The Kier molecular flexibility index (Phi) is 10.4. The van der Waals surface area contributed by atoms with E-state index in [-0.39, 0.29) is 29.7 Å². The third-order valence-corrected chi connectivity index (χ3v) is 9.14. The summed E-state index contributed by atoms with van der Waals surface area (Å²) in [5.41, 5.74) is 5.10. The topological polar surface area (TPSA) is 177 Å². The number of fused-ring (bicyclic) bond motifs is 3. The van der Waals surface area contributed by atoms with E-state index in [9.17, 15) is 34.8 Å². The Morgan fingerprint density at radius 3 is 2.37 bits per heavy atom. The first-order valence-corrected chi connectivity index (χ1v) is 15.6. The molecule has 0 spiro atoms. The van der Waals surface area contributed by atoms with Crippen LogP contribution in [0, 0.1) is 18.8 Å². The fourth-order valence-electron chi connectivity index (χ4n) is 7.02. The molecule has 1 fully saturated rings. The SMILES string of the molecule is CCNCCCN(C)C.Cc1cccc(-c2ccc(O)c3c2C[C@H]2C[C@H]4[C@H](N(C)C)C(=O)C(C(N)=O)=C(O)[C@@]4(O)C(=O)C2=C3O)c1. The molecule has 0 aliphatic heterocycles. The first-order chi connectivity index (χ1) is 21.7. The number of likely N-dealkylation sites (N-methyl/N-ethyl adjacent to an activating group) is 1. The lowest BCUT2D eigenvalue weighted by Crippen LogP contribution is -2.65. The number of ketones is 2. The van der Waals surface area contributed by atoms with Gasteiger partial charge in [0.1, 0.15) is 22.8 Å². The van der Waals surface area contributed by atoms with Crippen LogP contribution in [0.25, 0.3) is 16.9 Å². The van der Waals surface area contributed by atoms with Crippen molar-refractivity contribution in [2.24, 2.45) is 17.6 Å². The van der Waals surface area contributed by atoms with Gasteiger partial charge in [-0.3, -0.25) is 19.3 Å². The minimum atomic E-state index is -2.64. The maximum Gasteiger partial charge on any atom is 0.255 e. The molecule has 4 atom stereocenters. The van der Waals surface area contributed by atoms with E-state index in [1.807, 2.05) is 31.2 Å². The molecular weight excluding hydrogens is 588 g/mol. The fraction of sp³-hybridized carbons (Fsp3) is 0.457. The maximum atomic E-state index is 13.9. The highest BCUT2D eigenvalue weighted by Crippen LogP contribution is 2.53. The number of amides is 1. The van der Waals surface area contributed by atoms with E-state index < -0.39 is 58.0 Å². The van der Waals surface area contributed by atoms with E-state index in [2.05, 4.69) is 31.2 Å². The van der Waals surface area contributed by atoms with Gasteiger partial charge in [-0.2, -0.15) is 0 Å². The molecule has 0 heterocycles. The van der Waals surface area contributed by atoms with Crippen molar-refractivity contribution in [3.05, 3.63) is 70.0 Å². The summed E-state index contributed by atoms with van der Waals surface area (Å²) in [5.74, 6) is -6.61. The normalized spacial score (nSPS) is 24.0. The van der Waals surface area contributed by atoms with Gasteiger partial charge < -0.3 is 36.4 Å². The number of nitrogens with one attached hydrogen (secondary N) is 1. The predicted molar refractivity (Wildman–Crippen MR) is 176 cm³/mol. The van der Waals surface area contributed by atoms with Crippen molar-refractivity contribution in [2.75, 3.05) is 47.8 Å². The molecule has 7 N–H and O–H groups in total. The summed E-state index contributed by atoms with van der Waals surface area (Å²) >= 11 is 0. The molecule has 0 bridgehead atoms. The van der Waals surface area contributed by atoms with Crippen molar-refractivity contribution < 1.29 is 34.8 Å². The van der Waals surface area contributed by atoms with Gasteiger partial charge in [-0.15, -0.1) is 0 Å². The second kappa shape index (κ2) is 13.8. The molecular formula is C35H46N4O7. The number of rotatable bonds is 8. The molecule has 2 aromatic carbocycles. The van der Waals surface area contributed by atoms with Gasteiger partial charge in [0.25, 0.3) is 5.91 Å². The van der Waals surface area contributed by atoms with Crippen LogP contribution in [0.1, 0.15) is 36.5 Å². The molecule has 0 saturated heterocycles. The Labute approximate surface area is 270 Å². The summed E-state index contributed by atoms with van der Waals surface area (Å²) in [7, 11) is 7.35. The van der Waals surface area contributed by atoms with E-state index in [1.54, 1.807) is 20.2 Å². The second-order valence-electron chi connectivity index (χ2n) is 12.8. The number of aliphatic hydroxyl groups is 3. The Hall–Kier alpha value is -4.03. The van der Waals surface area contributed by atoms with E-state index in [0.29, 0.717) is 5.56 Å². The van der Waals surface area contributed by atoms with Crippen molar-refractivity contribution in [1.29, 1.82) is 0 Å². The molecule has 11 heteroatoms. The van der Waals surface area contributed by atoms with Crippen molar-refractivity contribution >= 4 is 23.2 Å². The Morgan fingerprint density at radius 2 is 1.78 bits per heavy atom. The fourth-order valence-corrected chi connectivity index (χ4v) is 7.02. The van der Waals surface area contributed by atoms with Crippen LogP contribution < -0.4 is 11.1 Å². The van der Waals surface area contributed by atoms with Crippen molar-refractivity contribution in [2.45, 2.75) is 44.8 Å². The number of carbonyl (C=O) groups excluding carboxylic acids is 3. The van der Waals surface area contributed by atoms with Gasteiger partial charge in [-0.1, -0.05) is 42.8 Å². The molecule has 1 saturated carbocycles. The highest BCUT2D eigenvalue weighted by molar-refractivity contribution is 6.24. The zero-order valence-corrected chi connectivity index (χ0v) is 27.4. The molecule has 11 nitrogen and oxygen atoms in total. The number of phenols is 1. The Morgan fingerprint density at radius 1 is 1.09 bits per heavy atom. The summed E-state index contributed by atoms with van der Waals surface area (Å²) in [4.78, 5) is 42.8. The lowest BCUT2D eigenvalue weighted by molar-refractivity contribution is -0.153. The highest BCUT2D eigenvalue weighted by atomic mass is 16.3. The number of aliphatic hydroxyl groups excluding tert-OH is 2. The molecule has 1 amide bonds. The number of phenolic OH excluding ortho intramolecular Hbond substituents is 1. The summed E-state index contributed by atoms with van der Waals surface area (Å²) in [6.45, 7) is 7.51. The molecule has 0 aromatic heterocycles. The third-order valence-electron chi connectivity index (χ3n) is 9.14. The summed E-state index contributed by atoms with van der Waals surface area (Å²) in [6.07, 6.45) is 1.54. The molecule has 5 rings (SSSR count). The van der Waals surface area contributed by atoms with Gasteiger partial charge >= 0.3 is 0 Å². The summed E-state index contributed by atoms with van der Waals surface area (Å²) < 4.78 is 0. The third kappa shape index (κ3) is 6.20. The van der Waals surface area contributed by atoms with Crippen LogP contribution in [0.4, 0.5) is 0 Å². The first-order valence-electron chi connectivity index (χ1n) is 15.6. The minimum Gasteiger partial charge on any atom is -0.508 e. The molecule has 46 heavy (non-hydrogen) atoms. The number of nitrogens with zero attached hydrogens (tertiary/aromatic N) is 2. The lowest BCUT2D eigenvalue weighted by atomic mass is 9.57. The monoisotopic (exact) mass is 634 g/mol. The van der Waals surface area contributed by atoms with Crippen molar-refractivity contribution in [1.82, 2.24) is 15.1 Å². The number of primary amides is 1. The number of Topliss-reactive ketones (excluding diaryl/α,β-unsaturated/α-hetero) is 2. The maximum absolute atomic E-state index is 13.9. The highest BCUT2D eigenvalue weighted by Gasteiger charge is 2.64. The van der Waals surface area contributed by atoms with Crippen molar-refractivity contribution in [3.8, 4) is 16.9 Å². The zero-order valence-electron chi connectivity index (χ0n) is 27.4. The Balaban J connectivity index is 0.000000468. The van der Waals surface area contributed by atoms with Gasteiger partial charge in [0.05, 0.1) is 11.6 Å². The number of nitrogens with two attached hydrogens (primary N) is 1. The van der Waals surface area contributed by atoms with Gasteiger partial charge in [0, 0.05) is 11.5 Å². The molecule has 0 radical (unpaired) electrons. The van der Waals surface area contributed by atoms with E-state index in [4.69, 9.17) is 5.73 Å². The molecule has 248 valence electrons. The van der Waals surface area contributed by atoms with Crippen LogP contribution in [-0.4, -0.2) is 107 Å². The van der Waals surface area contributed by atoms with Gasteiger partial charge in [-0.05, 0) is 103 Å². The molecule has 3 aliphatic rings. The summed E-state index contributed by atoms with van der Waals surface area (Å²) in [5, 5.41) is 47.9. The number of aromatic hydroxyl groups is 1. The number of hydrogen-bond acceptors (Lipinski definition) is 10. The van der Waals surface area contributed by atoms with Crippen LogP contribution in [0.15, 0.2) is 53.3 Å². The first kappa shape index (κ1) is 34.8. The van der Waals surface area contributed by atoms with Gasteiger partial charge in [-0.25, -0.2) is 0 Å². The van der Waals surface area contributed by atoms with Crippen LogP contribution in [0.2, 0.25) is 0 Å². The average molecular weight is 635 g/mol. The smallest absolute Gasteiger partial charge is 0.255 e. The van der Waals surface area contributed by atoms with Crippen LogP contribution in [0.5, 0.6) is 5.75 Å². The Bertz CT molecular complexity index is 1600. The van der Waals surface area contributed by atoms with Gasteiger partial charge in [0.15, 0.2) is 11.4 Å². The minimum absolute atomic E-state index is 0.0503. The van der Waals surface area contributed by atoms with Crippen molar-refractivity contribution in [3.63, 3.8) is 0 Å². The number of hydrogen-bond donors (Lipinski definition) is 6. The predicted octanol–water partition coefficient (Wildman–Crippen LogP) is 2.49. The molecule has 0 unspecified atom stereocenters. The standard InChI is InChI=1S/C28H28N2O7.C7H18N2/c1-12-5-4-6-13(9-12)15-7-8-18(31)20-16(15)10-14-11-17-22(30(2)3)24(33)21(27(29)36)26(35)28(17,37)25(34)19(14)23(20)32;1-4-8-6-5-7-9(2)3/h4-9,14,17,22,31-32,35,37H,10-11H2,1-3H3,(H2,29,36);8H,4-7H2,1-3H3/t14-,17-,22-,28-;/m0./s1. The summed E-state index contributed by atoms with van der Waals surface area (Å²) in [6, 6.07) is 9.82. The number of benzene rings is 2.